The van der Waals surface area contributed by atoms with Gasteiger partial charge in [0.1, 0.15) is 17.1 Å². The first-order chi connectivity index (χ1) is 15.2. The van der Waals surface area contributed by atoms with Gasteiger partial charge in [0.15, 0.2) is 9.84 Å². The van der Waals surface area contributed by atoms with Gasteiger partial charge in [0.25, 0.3) is 0 Å². The minimum absolute atomic E-state index is 0.0810. The molecule has 0 saturated carbocycles. The molecule has 0 aliphatic heterocycles. The average Bonchev–Trinajstić information content (AvgIpc) is 2.74. The van der Waals surface area contributed by atoms with E-state index in [1.54, 1.807) is 24.3 Å². The van der Waals surface area contributed by atoms with Gasteiger partial charge in [-0.15, -0.1) is 0 Å². The average molecular weight is 455 g/mol. The molecule has 0 amide bonds. The number of carbonyl (C=O) groups is 1. The largest absolute Gasteiger partial charge is 0.507 e. The standard InChI is InChI=1S/C25H26O6S/c1-17-8-10-20(11-9-17)32(29,30)15-5-14-31-23-13-12-21(25(27)28)24(26)22(23)16-19-7-4-3-6-18(19)2/h3-4,6-13,26H,5,14-16H2,1-2H3,(H,27,28). The van der Waals surface area contributed by atoms with E-state index in [0.29, 0.717) is 11.3 Å². The monoisotopic (exact) mass is 454 g/mol. The van der Waals surface area contributed by atoms with Crippen LogP contribution in [-0.2, 0) is 16.3 Å². The molecule has 0 radical (unpaired) electrons. The number of ether oxygens (including phenoxy) is 1. The van der Waals surface area contributed by atoms with Crippen LogP contribution >= 0.6 is 0 Å². The molecule has 0 saturated heterocycles. The molecule has 0 aliphatic carbocycles. The first-order valence-corrected chi connectivity index (χ1v) is 11.9. The maximum atomic E-state index is 12.5. The summed E-state index contributed by atoms with van der Waals surface area (Å²) >= 11 is 0. The number of hydrogen-bond acceptors (Lipinski definition) is 5. The van der Waals surface area contributed by atoms with Crippen molar-refractivity contribution in [1.82, 2.24) is 0 Å². The van der Waals surface area contributed by atoms with Crippen LogP contribution in [0.15, 0.2) is 65.6 Å². The molecule has 32 heavy (non-hydrogen) atoms. The third-order valence-corrected chi connectivity index (χ3v) is 7.11. The molecule has 3 rings (SSSR count). The predicted molar refractivity (Wildman–Crippen MR) is 122 cm³/mol. The summed E-state index contributed by atoms with van der Waals surface area (Å²) in [5, 5.41) is 20.0. The Morgan fingerprint density at radius 2 is 1.66 bits per heavy atom. The van der Waals surface area contributed by atoms with Gasteiger partial charge in [-0.3, -0.25) is 0 Å². The van der Waals surface area contributed by atoms with Crippen LogP contribution in [0.2, 0.25) is 0 Å². The molecule has 0 heterocycles. The second kappa shape index (κ2) is 9.87. The van der Waals surface area contributed by atoms with Crippen molar-refractivity contribution < 1.29 is 28.2 Å². The van der Waals surface area contributed by atoms with Crippen LogP contribution < -0.4 is 4.74 Å². The molecule has 2 N–H and O–H groups in total. The number of sulfone groups is 1. The number of carboxylic acids is 1. The van der Waals surface area contributed by atoms with Crippen LogP contribution in [0.25, 0.3) is 0 Å². The number of benzene rings is 3. The van der Waals surface area contributed by atoms with Crippen molar-refractivity contribution in [3.8, 4) is 11.5 Å². The smallest absolute Gasteiger partial charge is 0.339 e. The van der Waals surface area contributed by atoms with Gasteiger partial charge in [-0.1, -0.05) is 42.0 Å². The molecule has 3 aromatic rings. The zero-order valence-electron chi connectivity index (χ0n) is 18.0. The molecule has 0 unspecified atom stereocenters. The van der Waals surface area contributed by atoms with Crippen molar-refractivity contribution in [2.24, 2.45) is 0 Å². The molecule has 6 nitrogen and oxygen atoms in total. The minimum atomic E-state index is -3.43. The number of hydrogen-bond donors (Lipinski definition) is 2. The van der Waals surface area contributed by atoms with Gasteiger partial charge in [-0.05, 0) is 55.7 Å². The lowest BCUT2D eigenvalue weighted by molar-refractivity contribution is 0.0693. The highest BCUT2D eigenvalue weighted by atomic mass is 32.2. The highest BCUT2D eigenvalue weighted by molar-refractivity contribution is 7.91. The van der Waals surface area contributed by atoms with Gasteiger partial charge in [-0.25, -0.2) is 13.2 Å². The second-order valence-electron chi connectivity index (χ2n) is 7.68. The molecule has 7 heteroatoms. The van der Waals surface area contributed by atoms with Crippen LogP contribution in [0, 0.1) is 13.8 Å². The lowest BCUT2D eigenvalue weighted by Gasteiger charge is -2.16. The van der Waals surface area contributed by atoms with Crippen molar-refractivity contribution in [2.45, 2.75) is 31.6 Å². The fourth-order valence-electron chi connectivity index (χ4n) is 3.39. The highest BCUT2D eigenvalue weighted by Crippen LogP contribution is 2.34. The Balaban J connectivity index is 1.75. The Bertz CT molecular complexity index is 1210. The fourth-order valence-corrected chi connectivity index (χ4v) is 4.67. The zero-order chi connectivity index (χ0) is 23.3. The number of aromatic carboxylic acids is 1. The number of phenols is 1. The fraction of sp³-hybridized carbons (Fsp3) is 0.240. The molecule has 0 spiro atoms. The number of carboxylic acid groups (broad SMARTS) is 1. The van der Waals surface area contributed by atoms with Crippen LogP contribution in [0.5, 0.6) is 11.5 Å². The van der Waals surface area contributed by atoms with Crippen molar-refractivity contribution >= 4 is 15.8 Å². The Morgan fingerprint density at radius 1 is 0.969 bits per heavy atom. The van der Waals surface area contributed by atoms with E-state index in [1.165, 1.54) is 12.1 Å². The third kappa shape index (κ3) is 5.48. The molecule has 0 aromatic heterocycles. The van der Waals surface area contributed by atoms with Gasteiger partial charge in [0.2, 0.25) is 0 Å². The summed E-state index contributed by atoms with van der Waals surface area (Å²) < 4.78 is 30.8. The quantitative estimate of drug-likeness (QED) is 0.460. The van der Waals surface area contributed by atoms with Gasteiger partial charge in [0, 0.05) is 12.0 Å². The maximum absolute atomic E-state index is 12.5. The van der Waals surface area contributed by atoms with Crippen LogP contribution in [0.4, 0.5) is 0 Å². The van der Waals surface area contributed by atoms with E-state index < -0.39 is 15.8 Å². The SMILES string of the molecule is Cc1ccc(S(=O)(=O)CCCOc2ccc(C(=O)O)c(O)c2Cc2ccccc2C)cc1. The van der Waals surface area contributed by atoms with Crippen molar-refractivity contribution in [3.05, 3.63) is 88.5 Å². The van der Waals surface area contributed by atoms with Crippen LogP contribution in [-0.4, -0.2) is 37.0 Å². The topological polar surface area (TPSA) is 101 Å². The first kappa shape index (κ1) is 23.3. The lowest BCUT2D eigenvalue weighted by atomic mass is 9.97. The van der Waals surface area contributed by atoms with E-state index in [4.69, 9.17) is 4.74 Å². The highest BCUT2D eigenvalue weighted by Gasteiger charge is 2.20. The van der Waals surface area contributed by atoms with Gasteiger partial charge in [0.05, 0.1) is 17.3 Å². The molecular weight excluding hydrogens is 428 g/mol. The summed E-state index contributed by atoms with van der Waals surface area (Å²) in [7, 11) is -3.43. The van der Waals surface area contributed by atoms with Crippen molar-refractivity contribution in [1.29, 1.82) is 0 Å². The summed E-state index contributed by atoms with van der Waals surface area (Å²) in [5.41, 5.74) is 3.07. The normalized spacial score (nSPS) is 11.3. The van der Waals surface area contributed by atoms with E-state index in [2.05, 4.69) is 0 Å². The molecule has 0 fully saturated rings. The number of rotatable bonds is 9. The molecule has 0 atom stereocenters. The summed E-state index contributed by atoms with van der Waals surface area (Å²) in [6, 6.07) is 17.1. The summed E-state index contributed by atoms with van der Waals surface area (Å²) in [6.45, 7) is 3.94. The maximum Gasteiger partial charge on any atom is 0.339 e. The van der Waals surface area contributed by atoms with Crippen LogP contribution in [0.1, 0.15) is 39.0 Å². The van der Waals surface area contributed by atoms with Gasteiger partial charge >= 0.3 is 5.97 Å². The molecular formula is C25H26O6S. The van der Waals surface area contributed by atoms with E-state index in [1.807, 2.05) is 38.1 Å². The van der Waals surface area contributed by atoms with Crippen molar-refractivity contribution in [2.75, 3.05) is 12.4 Å². The zero-order valence-corrected chi connectivity index (χ0v) is 18.9. The molecule has 0 bridgehead atoms. The van der Waals surface area contributed by atoms with E-state index in [9.17, 15) is 23.4 Å². The Kier molecular flexibility index (Phi) is 7.20. The summed E-state index contributed by atoms with van der Waals surface area (Å²) in [6.07, 6.45) is 0.540. The Hall–Kier alpha value is -3.32. The first-order valence-electron chi connectivity index (χ1n) is 10.2. The second-order valence-corrected chi connectivity index (χ2v) is 9.79. The minimum Gasteiger partial charge on any atom is -0.507 e. The summed E-state index contributed by atoms with van der Waals surface area (Å²) in [4.78, 5) is 11.7. The third-order valence-electron chi connectivity index (χ3n) is 5.29. The predicted octanol–water partition coefficient (Wildman–Crippen LogP) is 4.54. The molecule has 168 valence electrons. The lowest BCUT2D eigenvalue weighted by Crippen LogP contribution is -2.11. The summed E-state index contributed by atoms with van der Waals surface area (Å²) in [5.74, 6) is -1.32. The van der Waals surface area contributed by atoms with E-state index >= 15 is 0 Å². The van der Waals surface area contributed by atoms with Crippen molar-refractivity contribution in [3.63, 3.8) is 0 Å². The van der Waals surface area contributed by atoms with E-state index in [-0.39, 0.29) is 41.4 Å². The van der Waals surface area contributed by atoms with Gasteiger partial charge in [-0.2, -0.15) is 0 Å². The Labute approximate surface area is 188 Å². The van der Waals surface area contributed by atoms with Crippen LogP contribution in [0.3, 0.4) is 0 Å². The van der Waals surface area contributed by atoms with Gasteiger partial charge < -0.3 is 14.9 Å². The molecule has 0 aliphatic rings. The number of aryl methyl sites for hydroxylation is 2. The number of aromatic hydroxyl groups is 1. The van der Waals surface area contributed by atoms with E-state index in [0.717, 1.165) is 16.7 Å². The Morgan fingerprint density at radius 3 is 2.31 bits per heavy atom. The molecule has 3 aromatic carbocycles.